The molecule has 1 fully saturated rings. The van der Waals surface area contributed by atoms with E-state index in [9.17, 15) is 4.79 Å². The van der Waals surface area contributed by atoms with Gasteiger partial charge < -0.3 is 9.80 Å². The molecule has 2 aromatic rings. The molecule has 0 saturated carbocycles. The van der Waals surface area contributed by atoms with Gasteiger partial charge in [-0.25, -0.2) is 9.97 Å². The molecule has 1 saturated heterocycles. The molecular weight excluding hydrogens is 340 g/mol. The van der Waals surface area contributed by atoms with Crippen molar-refractivity contribution in [3.8, 4) is 0 Å². The first-order valence-electron chi connectivity index (χ1n) is 9.56. The number of nitrogens with zero attached hydrogens (tertiary/aromatic N) is 6. The van der Waals surface area contributed by atoms with E-state index < -0.39 is 0 Å². The zero-order valence-corrected chi connectivity index (χ0v) is 17.0. The Hall–Kier alpha value is -2.44. The third-order valence-electron chi connectivity index (χ3n) is 5.09. The molecular formula is C20H30N6O. The summed E-state index contributed by atoms with van der Waals surface area (Å²) < 4.78 is 1.75. The number of hydrogen-bond acceptors (Lipinski definition) is 6. The first kappa shape index (κ1) is 19.3. The molecule has 0 bridgehead atoms. The van der Waals surface area contributed by atoms with Crippen molar-refractivity contribution in [1.82, 2.24) is 19.5 Å². The third-order valence-corrected chi connectivity index (χ3v) is 5.09. The minimum atomic E-state index is -0.106. The Bertz CT molecular complexity index is 831. The van der Waals surface area contributed by atoms with Gasteiger partial charge in [-0.2, -0.15) is 4.98 Å². The Kier molecular flexibility index (Phi) is 5.48. The molecule has 0 aliphatic carbocycles. The number of piperidine rings is 1. The lowest BCUT2D eigenvalue weighted by Crippen LogP contribution is -2.37. The topological polar surface area (TPSA) is 67.2 Å². The second kappa shape index (κ2) is 7.66. The monoisotopic (exact) mass is 370 g/mol. The fourth-order valence-corrected chi connectivity index (χ4v) is 3.31. The Morgan fingerprint density at radius 3 is 2.48 bits per heavy atom. The lowest BCUT2D eigenvalue weighted by Gasteiger charge is -2.32. The highest BCUT2D eigenvalue weighted by Crippen LogP contribution is 2.23. The van der Waals surface area contributed by atoms with Gasteiger partial charge in [0.2, 0.25) is 5.95 Å². The highest BCUT2D eigenvalue weighted by molar-refractivity contribution is 5.42. The standard InChI is InChI=1S/C20H30N6O/c1-20(2,3)16-12-18(27)26(14-22-16)13-15-7-10-25(11-8-15)19-21-9-6-17(23-19)24(4)5/h6,9,12,14-15H,7-8,10-11,13H2,1-5H3. The Morgan fingerprint density at radius 2 is 1.89 bits per heavy atom. The summed E-state index contributed by atoms with van der Waals surface area (Å²) in [4.78, 5) is 30.2. The minimum Gasteiger partial charge on any atom is -0.363 e. The largest absolute Gasteiger partial charge is 0.363 e. The molecule has 3 heterocycles. The summed E-state index contributed by atoms with van der Waals surface area (Å²) >= 11 is 0. The summed E-state index contributed by atoms with van der Waals surface area (Å²) in [6.45, 7) is 8.75. The van der Waals surface area contributed by atoms with Gasteiger partial charge in [-0.15, -0.1) is 0 Å². The van der Waals surface area contributed by atoms with Crippen molar-refractivity contribution in [1.29, 1.82) is 0 Å². The number of aromatic nitrogens is 4. The molecule has 0 amide bonds. The molecule has 3 rings (SSSR count). The second-order valence-electron chi connectivity index (χ2n) is 8.55. The van der Waals surface area contributed by atoms with Crippen LogP contribution in [0.1, 0.15) is 39.3 Å². The maximum atomic E-state index is 12.4. The van der Waals surface area contributed by atoms with Crippen LogP contribution in [-0.4, -0.2) is 46.7 Å². The number of hydrogen-bond donors (Lipinski definition) is 0. The van der Waals surface area contributed by atoms with Crippen LogP contribution >= 0.6 is 0 Å². The van der Waals surface area contributed by atoms with Crippen molar-refractivity contribution in [2.75, 3.05) is 37.0 Å². The third kappa shape index (κ3) is 4.64. The van der Waals surface area contributed by atoms with Crippen LogP contribution in [0.5, 0.6) is 0 Å². The van der Waals surface area contributed by atoms with E-state index in [1.807, 2.05) is 31.3 Å². The summed E-state index contributed by atoms with van der Waals surface area (Å²) in [5.74, 6) is 2.17. The summed E-state index contributed by atoms with van der Waals surface area (Å²) in [5, 5.41) is 0. The molecule has 0 atom stereocenters. The van der Waals surface area contributed by atoms with Crippen LogP contribution in [0.2, 0.25) is 0 Å². The van der Waals surface area contributed by atoms with Crippen molar-refractivity contribution in [2.24, 2.45) is 5.92 Å². The summed E-state index contributed by atoms with van der Waals surface area (Å²) in [6.07, 6.45) is 5.55. The van der Waals surface area contributed by atoms with E-state index in [1.165, 1.54) is 0 Å². The van der Waals surface area contributed by atoms with Crippen molar-refractivity contribution >= 4 is 11.8 Å². The molecule has 0 spiro atoms. The van der Waals surface area contributed by atoms with Crippen LogP contribution in [-0.2, 0) is 12.0 Å². The fourth-order valence-electron chi connectivity index (χ4n) is 3.31. The van der Waals surface area contributed by atoms with Crippen LogP contribution in [0, 0.1) is 5.92 Å². The van der Waals surface area contributed by atoms with E-state index in [0.717, 1.165) is 49.9 Å². The van der Waals surface area contributed by atoms with Crippen LogP contribution in [0.15, 0.2) is 29.5 Å². The van der Waals surface area contributed by atoms with E-state index in [1.54, 1.807) is 17.0 Å². The molecule has 0 aromatic carbocycles. The minimum absolute atomic E-state index is 0.0411. The number of anilines is 2. The van der Waals surface area contributed by atoms with Gasteiger partial charge in [0.05, 0.1) is 12.0 Å². The SMILES string of the molecule is CN(C)c1ccnc(N2CCC(Cn3cnc(C(C)(C)C)cc3=O)CC2)n1. The molecule has 1 aliphatic rings. The molecule has 146 valence electrons. The highest BCUT2D eigenvalue weighted by atomic mass is 16.1. The van der Waals surface area contributed by atoms with E-state index in [2.05, 4.69) is 40.6 Å². The maximum Gasteiger partial charge on any atom is 0.253 e. The quantitative estimate of drug-likeness (QED) is 0.823. The molecule has 27 heavy (non-hydrogen) atoms. The van der Waals surface area contributed by atoms with E-state index in [-0.39, 0.29) is 11.0 Å². The maximum absolute atomic E-state index is 12.4. The van der Waals surface area contributed by atoms with Crippen LogP contribution in [0.4, 0.5) is 11.8 Å². The predicted octanol–water partition coefficient (Wildman–Crippen LogP) is 2.31. The molecule has 0 radical (unpaired) electrons. The highest BCUT2D eigenvalue weighted by Gasteiger charge is 2.23. The van der Waals surface area contributed by atoms with Crippen molar-refractivity contribution in [3.05, 3.63) is 40.7 Å². The van der Waals surface area contributed by atoms with E-state index in [4.69, 9.17) is 0 Å². The van der Waals surface area contributed by atoms with Crippen LogP contribution < -0.4 is 15.4 Å². The second-order valence-corrected chi connectivity index (χ2v) is 8.55. The zero-order chi connectivity index (χ0) is 19.6. The van der Waals surface area contributed by atoms with Gasteiger partial charge in [-0.1, -0.05) is 20.8 Å². The molecule has 7 nitrogen and oxygen atoms in total. The Morgan fingerprint density at radius 1 is 1.19 bits per heavy atom. The Labute approximate surface area is 161 Å². The van der Waals surface area contributed by atoms with Gasteiger partial charge in [0.15, 0.2) is 0 Å². The van der Waals surface area contributed by atoms with Gasteiger partial charge in [0, 0.05) is 51.4 Å². The van der Waals surface area contributed by atoms with Gasteiger partial charge in [0.1, 0.15) is 5.82 Å². The molecule has 2 aromatic heterocycles. The summed E-state index contributed by atoms with van der Waals surface area (Å²) in [7, 11) is 3.96. The summed E-state index contributed by atoms with van der Waals surface area (Å²) in [6, 6.07) is 3.59. The molecule has 0 N–H and O–H groups in total. The average Bonchev–Trinajstić information content (AvgIpc) is 2.63. The predicted molar refractivity (Wildman–Crippen MR) is 108 cm³/mol. The molecule has 1 aliphatic heterocycles. The fraction of sp³-hybridized carbons (Fsp3) is 0.600. The van der Waals surface area contributed by atoms with Crippen LogP contribution in [0.25, 0.3) is 0 Å². The Balaban J connectivity index is 1.62. The van der Waals surface area contributed by atoms with Gasteiger partial charge in [0.25, 0.3) is 5.56 Å². The molecule has 0 unspecified atom stereocenters. The summed E-state index contributed by atoms with van der Waals surface area (Å²) in [5.41, 5.74) is 0.779. The first-order valence-corrected chi connectivity index (χ1v) is 9.56. The van der Waals surface area contributed by atoms with E-state index >= 15 is 0 Å². The van der Waals surface area contributed by atoms with Crippen molar-refractivity contribution in [3.63, 3.8) is 0 Å². The van der Waals surface area contributed by atoms with E-state index in [0.29, 0.717) is 5.92 Å². The normalized spacial score (nSPS) is 15.8. The van der Waals surface area contributed by atoms with Crippen molar-refractivity contribution in [2.45, 2.75) is 45.6 Å². The van der Waals surface area contributed by atoms with Gasteiger partial charge in [-0.05, 0) is 24.8 Å². The first-order chi connectivity index (χ1) is 12.7. The smallest absolute Gasteiger partial charge is 0.253 e. The lowest BCUT2D eigenvalue weighted by atomic mass is 9.92. The molecule has 7 heteroatoms. The van der Waals surface area contributed by atoms with Gasteiger partial charge >= 0.3 is 0 Å². The van der Waals surface area contributed by atoms with Crippen LogP contribution in [0.3, 0.4) is 0 Å². The lowest BCUT2D eigenvalue weighted by molar-refractivity contribution is 0.348. The van der Waals surface area contributed by atoms with Crippen molar-refractivity contribution < 1.29 is 0 Å². The van der Waals surface area contributed by atoms with Gasteiger partial charge in [-0.3, -0.25) is 9.36 Å². The average molecular weight is 371 g/mol. The zero-order valence-electron chi connectivity index (χ0n) is 17.0. The number of rotatable bonds is 4.